The Labute approximate surface area is 113 Å². The summed E-state index contributed by atoms with van der Waals surface area (Å²) in [7, 11) is 0. The number of nitrogens with zero attached hydrogens (tertiary/aromatic N) is 3. The third kappa shape index (κ3) is 2.87. The van der Waals surface area contributed by atoms with Crippen molar-refractivity contribution in [2.45, 2.75) is 38.2 Å². The van der Waals surface area contributed by atoms with Gasteiger partial charge in [0, 0.05) is 30.4 Å². The van der Waals surface area contributed by atoms with Crippen molar-refractivity contribution >= 4 is 5.95 Å². The lowest BCUT2D eigenvalue weighted by molar-refractivity contribution is 0.0597. The Hall–Kier alpha value is -1.20. The molecule has 1 atom stereocenters. The first-order valence-corrected chi connectivity index (χ1v) is 7.09. The number of rotatable bonds is 2. The second-order valence-corrected chi connectivity index (χ2v) is 5.54. The van der Waals surface area contributed by atoms with E-state index in [4.69, 9.17) is 9.72 Å². The fraction of sp³-hybridized carbons (Fsp3) is 0.714. The number of hydrogen-bond donors (Lipinski definition) is 1. The Bertz CT molecular complexity index is 448. The Morgan fingerprint density at radius 3 is 2.95 bits per heavy atom. The summed E-state index contributed by atoms with van der Waals surface area (Å²) in [5, 5.41) is 9.80. The molecule has 5 nitrogen and oxygen atoms in total. The van der Waals surface area contributed by atoms with E-state index in [1.807, 2.05) is 11.8 Å². The zero-order valence-electron chi connectivity index (χ0n) is 11.4. The SMILES string of the molecule is Cc1cc(C2CCC2)nc(N2CCOC[C@H](O)C2)n1. The molecule has 1 aromatic heterocycles. The van der Waals surface area contributed by atoms with Crippen molar-refractivity contribution in [3.05, 3.63) is 17.5 Å². The molecule has 1 N–H and O–H groups in total. The number of aryl methyl sites for hydroxylation is 1. The lowest BCUT2D eigenvalue weighted by atomic mass is 9.83. The first-order chi connectivity index (χ1) is 9.22. The van der Waals surface area contributed by atoms with Gasteiger partial charge in [-0.15, -0.1) is 0 Å². The molecule has 1 saturated carbocycles. The molecule has 0 spiro atoms. The van der Waals surface area contributed by atoms with Gasteiger partial charge in [0.05, 0.1) is 19.3 Å². The topological polar surface area (TPSA) is 58.5 Å². The van der Waals surface area contributed by atoms with E-state index < -0.39 is 6.10 Å². The van der Waals surface area contributed by atoms with Crippen LogP contribution in [0.3, 0.4) is 0 Å². The highest BCUT2D eigenvalue weighted by Gasteiger charge is 2.24. The highest BCUT2D eigenvalue weighted by molar-refractivity contribution is 5.34. The van der Waals surface area contributed by atoms with Gasteiger partial charge in [-0.25, -0.2) is 9.97 Å². The Morgan fingerprint density at radius 1 is 1.37 bits per heavy atom. The fourth-order valence-electron chi connectivity index (χ4n) is 2.61. The van der Waals surface area contributed by atoms with Crippen LogP contribution in [0.4, 0.5) is 5.95 Å². The molecule has 2 fully saturated rings. The van der Waals surface area contributed by atoms with Gasteiger partial charge in [-0.1, -0.05) is 6.42 Å². The minimum absolute atomic E-state index is 0.401. The molecule has 0 bridgehead atoms. The Kier molecular flexibility index (Phi) is 3.66. The van der Waals surface area contributed by atoms with E-state index in [2.05, 4.69) is 11.1 Å². The van der Waals surface area contributed by atoms with Crippen molar-refractivity contribution < 1.29 is 9.84 Å². The molecular weight excluding hydrogens is 242 g/mol. The van der Waals surface area contributed by atoms with Crippen molar-refractivity contribution in [3.63, 3.8) is 0 Å². The average molecular weight is 263 g/mol. The normalized spacial score (nSPS) is 24.9. The van der Waals surface area contributed by atoms with Gasteiger partial charge >= 0.3 is 0 Å². The van der Waals surface area contributed by atoms with Crippen molar-refractivity contribution in [1.82, 2.24) is 9.97 Å². The van der Waals surface area contributed by atoms with E-state index in [1.165, 1.54) is 19.3 Å². The first kappa shape index (κ1) is 12.8. The second kappa shape index (κ2) is 5.43. The molecule has 1 aliphatic carbocycles. The number of aromatic nitrogens is 2. The maximum atomic E-state index is 9.80. The number of anilines is 1. The molecule has 2 aliphatic rings. The van der Waals surface area contributed by atoms with Crippen LogP contribution in [0.1, 0.15) is 36.6 Å². The number of ether oxygens (including phenoxy) is 1. The van der Waals surface area contributed by atoms with Gasteiger partial charge in [0.2, 0.25) is 5.95 Å². The summed E-state index contributed by atoms with van der Waals surface area (Å²) in [5.74, 6) is 1.35. The molecule has 3 rings (SSSR count). The minimum atomic E-state index is -0.459. The molecule has 1 aliphatic heterocycles. The van der Waals surface area contributed by atoms with E-state index >= 15 is 0 Å². The van der Waals surface area contributed by atoms with Crippen molar-refractivity contribution in [1.29, 1.82) is 0 Å². The summed E-state index contributed by atoms with van der Waals surface area (Å²) in [5.41, 5.74) is 2.17. The Morgan fingerprint density at radius 2 is 2.21 bits per heavy atom. The fourth-order valence-corrected chi connectivity index (χ4v) is 2.61. The van der Waals surface area contributed by atoms with Crippen LogP contribution in [-0.4, -0.2) is 47.5 Å². The average Bonchev–Trinajstić information content (AvgIpc) is 2.51. The standard InChI is InChI=1S/C14H21N3O2/c1-10-7-13(11-3-2-4-11)16-14(15-10)17-5-6-19-9-12(18)8-17/h7,11-12,18H,2-6,8-9H2,1H3/t12-/m1/s1. The molecule has 1 aromatic rings. The number of aliphatic hydroxyl groups excluding tert-OH is 1. The zero-order valence-corrected chi connectivity index (χ0v) is 11.4. The maximum absolute atomic E-state index is 9.80. The number of aliphatic hydroxyl groups is 1. The summed E-state index contributed by atoms with van der Waals surface area (Å²) in [6, 6.07) is 2.10. The highest BCUT2D eigenvalue weighted by Crippen LogP contribution is 2.35. The van der Waals surface area contributed by atoms with E-state index in [9.17, 15) is 5.11 Å². The summed E-state index contributed by atoms with van der Waals surface area (Å²) >= 11 is 0. The first-order valence-electron chi connectivity index (χ1n) is 7.09. The molecule has 5 heteroatoms. The van der Waals surface area contributed by atoms with Crippen LogP contribution in [0, 0.1) is 6.92 Å². The quantitative estimate of drug-likeness (QED) is 0.870. The largest absolute Gasteiger partial charge is 0.389 e. The molecule has 1 saturated heterocycles. The van der Waals surface area contributed by atoms with E-state index in [1.54, 1.807) is 0 Å². The molecular formula is C14H21N3O2. The smallest absolute Gasteiger partial charge is 0.225 e. The number of β-amino-alcohol motifs (C(OH)–C–C–N with tert-alkyl or cyclic N) is 1. The van der Waals surface area contributed by atoms with Crippen LogP contribution in [0.5, 0.6) is 0 Å². The van der Waals surface area contributed by atoms with Gasteiger partial charge < -0.3 is 14.7 Å². The summed E-state index contributed by atoms with van der Waals surface area (Å²) in [6.45, 7) is 4.32. The zero-order chi connectivity index (χ0) is 13.2. The van der Waals surface area contributed by atoms with Gasteiger partial charge in [0.15, 0.2) is 0 Å². The van der Waals surface area contributed by atoms with Crippen molar-refractivity contribution in [2.75, 3.05) is 31.2 Å². The van der Waals surface area contributed by atoms with E-state index in [0.717, 1.165) is 23.9 Å². The number of hydrogen-bond acceptors (Lipinski definition) is 5. The van der Waals surface area contributed by atoms with Gasteiger partial charge in [-0.05, 0) is 25.8 Å². The summed E-state index contributed by atoms with van der Waals surface area (Å²) in [6.07, 6.45) is 3.32. The lowest BCUT2D eigenvalue weighted by Crippen LogP contribution is -2.34. The van der Waals surface area contributed by atoms with Crippen LogP contribution in [0.2, 0.25) is 0 Å². The third-order valence-corrected chi connectivity index (χ3v) is 3.92. The Balaban J connectivity index is 1.83. The predicted molar refractivity (Wildman–Crippen MR) is 72.4 cm³/mol. The minimum Gasteiger partial charge on any atom is -0.389 e. The van der Waals surface area contributed by atoms with Crippen LogP contribution in [0.25, 0.3) is 0 Å². The molecule has 0 radical (unpaired) electrons. The van der Waals surface area contributed by atoms with Crippen LogP contribution >= 0.6 is 0 Å². The van der Waals surface area contributed by atoms with Crippen LogP contribution in [-0.2, 0) is 4.74 Å². The van der Waals surface area contributed by atoms with Crippen LogP contribution in [0.15, 0.2) is 6.07 Å². The monoisotopic (exact) mass is 263 g/mol. The molecule has 104 valence electrons. The molecule has 0 amide bonds. The van der Waals surface area contributed by atoms with Gasteiger partial charge in [0.1, 0.15) is 0 Å². The van der Waals surface area contributed by atoms with Gasteiger partial charge in [-0.2, -0.15) is 0 Å². The maximum Gasteiger partial charge on any atom is 0.225 e. The molecule has 0 aromatic carbocycles. The lowest BCUT2D eigenvalue weighted by Gasteiger charge is -2.27. The van der Waals surface area contributed by atoms with Crippen LogP contribution < -0.4 is 4.90 Å². The van der Waals surface area contributed by atoms with Gasteiger partial charge in [0.25, 0.3) is 0 Å². The predicted octanol–water partition coefficient (Wildman–Crippen LogP) is 1.25. The van der Waals surface area contributed by atoms with Crippen molar-refractivity contribution in [3.8, 4) is 0 Å². The molecule has 2 heterocycles. The summed E-state index contributed by atoms with van der Waals surface area (Å²) < 4.78 is 5.35. The second-order valence-electron chi connectivity index (χ2n) is 5.54. The summed E-state index contributed by atoms with van der Waals surface area (Å²) in [4.78, 5) is 11.3. The van der Waals surface area contributed by atoms with Gasteiger partial charge in [-0.3, -0.25) is 0 Å². The highest BCUT2D eigenvalue weighted by atomic mass is 16.5. The van der Waals surface area contributed by atoms with E-state index in [-0.39, 0.29) is 0 Å². The van der Waals surface area contributed by atoms with E-state index in [0.29, 0.717) is 25.7 Å². The molecule has 0 unspecified atom stereocenters. The molecule has 19 heavy (non-hydrogen) atoms. The third-order valence-electron chi connectivity index (χ3n) is 3.92. The van der Waals surface area contributed by atoms with Crippen molar-refractivity contribution in [2.24, 2.45) is 0 Å².